The maximum absolute atomic E-state index is 13.1. The van der Waals surface area contributed by atoms with Crippen LogP contribution in [0.1, 0.15) is 18.1 Å². The van der Waals surface area contributed by atoms with Crippen LogP contribution < -0.4 is 5.32 Å². The van der Waals surface area contributed by atoms with Crippen molar-refractivity contribution in [2.24, 2.45) is 0 Å². The van der Waals surface area contributed by atoms with E-state index in [2.05, 4.69) is 10.3 Å². The molecule has 9 heteroatoms. The summed E-state index contributed by atoms with van der Waals surface area (Å²) in [5.74, 6) is -0.623. The number of amides is 1. The average molecular weight is 386 g/mol. The molecule has 0 radical (unpaired) electrons. The molecule has 1 amide bonds. The molecule has 0 aliphatic carbocycles. The second-order valence-corrected chi connectivity index (χ2v) is 6.73. The van der Waals surface area contributed by atoms with E-state index in [1.807, 2.05) is 6.07 Å². The molecule has 0 fully saturated rings. The van der Waals surface area contributed by atoms with E-state index in [1.165, 1.54) is 31.3 Å². The Morgan fingerprint density at radius 2 is 2.08 bits per heavy atom. The molecule has 0 saturated carbocycles. The average Bonchev–Trinajstić information content (AvgIpc) is 2.55. The molecule has 25 heavy (non-hydrogen) atoms. The Balaban J connectivity index is 2.15. The highest BCUT2D eigenvalue weighted by atomic mass is 35.5. The summed E-state index contributed by atoms with van der Waals surface area (Å²) in [7, 11) is 0. The number of halogens is 4. The Labute approximate surface area is 151 Å². The van der Waals surface area contributed by atoms with E-state index in [0.717, 1.165) is 23.9 Å². The van der Waals surface area contributed by atoms with Crippen LogP contribution in [0, 0.1) is 11.3 Å². The SMILES string of the molecule is CC(Sc1cc(C#N)ccn1)C(=O)Nc1ccc(Cl)cc1C(F)(F)F. The van der Waals surface area contributed by atoms with E-state index in [1.54, 1.807) is 0 Å². The molecule has 0 aliphatic rings. The Bertz CT molecular complexity index is 836. The van der Waals surface area contributed by atoms with Crippen molar-refractivity contribution < 1.29 is 18.0 Å². The van der Waals surface area contributed by atoms with Crippen LogP contribution in [0.4, 0.5) is 18.9 Å². The quantitative estimate of drug-likeness (QED) is 0.771. The first-order valence-corrected chi connectivity index (χ1v) is 8.17. The number of carbonyl (C=O) groups excluding carboxylic acids is 1. The number of pyridine rings is 1. The van der Waals surface area contributed by atoms with Crippen LogP contribution >= 0.6 is 23.4 Å². The van der Waals surface area contributed by atoms with Crippen molar-refractivity contribution in [1.29, 1.82) is 5.26 Å². The number of thioether (sulfide) groups is 1. The van der Waals surface area contributed by atoms with Crippen LogP contribution in [0.15, 0.2) is 41.6 Å². The number of nitriles is 1. The first kappa shape index (κ1) is 19.1. The van der Waals surface area contributed by atoms with E-state index in [-0.39, 0.29) is 10.7 Å². The summed E-state index contributed by atoms with van der Waals surface area (Å²) in [6.45, 7) is 1.53. The van der Waals surface area contributed by atoms with E-state index < -0.39 is 22.9 Å². The highest BCUT2D eigenvalue weighted by Crippen LogP contribution is 2.36. The molecule has 0 aliphatic heterocycles. The minimum Gasteiger partial charge on any atom is -0.325 e. The third-order valence-electron chi connectivity index (χ3n) is 3.08. The second-order valence-electron chi connectivity index (χ2n) is 4.93. The molecule has 1 heterocycles. The van der Waals surface area contributed by atoms with Gasteiger partial charge in [0.25, 0.3) is 0 Å². The monoisotopic (exact) mass is 385 g/mol. The van der Waals surface area contributed by atoms with E-state index in [4.69, 9.17) is 16.9 Å². The van der Waals surface area contributed by atoms with Crippen LogP contribution in [0.5, 0.6) is 0 Å². The Morgan fingerprint density at radius 1 is 1.36 bits per heavy atom. The van der Waals surface area contributed by atoms with E-state index in [0.29, 0.717) is 10.6 Å². The van der Waals surface area contributed by atoms with Crippen molar-refractivity contribution in [3.63, 3.8) is 0 Å². The van der Waals surface area contributed by atoms with Crippen LogP contribution in [0.25, 0.3) is 0 Å². The lowest BCUT2D eigenvalue weighted by Gasteiger charge is -2.16. The number of rotatable bonds is 4. The molecule has 0 spiro atoms. The number of anilines is 1. The van der Waals surface area contributed by atoms with Gasteiger partial charge < -0.3 is 5.32 Å². The Hall–Kier alpha value is -2.24. The standard InChI is InChI=1S/C16H11ClF3N3OS/c1-9(25-14-6-10(8-21)4-5-22-14)15(24)23-13-3-2-11(17)7-12(13)16(18,19)20/h2-7,9H,1H3,(H,23,24). The molecule has 0 saturated heterocycles. The van der Waals surface area contributed by atoms with Crippen LogP contribution in [0.3, 0.4) is 0 Å². The summed E-state index contributed by atoms with van der Waals surface area (Å²) in [6, 6.07) is 8.09. The zero-order valence-corrected chi connectivity index (χ0v) is 14.3. The highest BCUT2D eigenvalue weighted by Gasteiger charge is 2.34. The number of alkyl halides is 3. The van der Waals surface area contributed by atoms with Crippen molar-refractivity contribution in [1.82, 2.24) is 4.98 Å². The van der Waals surface area contributed by atoms with Crippen molar-refractivity contribution in [2.45, 2.75) is 23.4 Å². The fourth-order valence-corrected chi connectivity index (χ4v) is 2.89. The number of benzene rings is 1. The zero-order valence-electron chi connectivity index (χ0n) is 12.8. The largest absolute Gasteiger partial charge is 0.418 e. The number of carbonyl (C=O) groups is 1. The molecular weight excluding hydrogens is 375 g/mol. The smallest absolute Gasteiger partial charge is 0.325 e. The van der Waals surface area contributed by atoms with Gasteiger partial charge in [-0.1, -0.05) is 23.4 Å². The second kappa shape index (κ2) is 7.76. The molecule has 2 aromatic rings. The van der Waals surface area contributed by atoms with Gasteiger partial charge in [0, 0.05) is 11.2 Å². The molecule has 1 aromatic carbocycles. The number of nitrogens with zero attached hydrogens (tertiary/aromatic N) is 2. The van der Waals surface area contributed by atoms with Gasteiger partial charge >= 0.3 is 6.18 Å². The fourth-order valence-electron chi connectivity index (χ4n) is 1.87. The number of hydrogen-bond donors (Lipinski definition) is 1. The third-order valence-corrected chi connectivity index (χ3v) is 4.34. The van der Waals surface area contributed by atoms with Gasteiger partial charge in [-0.15, -0.1) is 0 Å². The third kappa shape index (κ3) is 5.11. The zero-order chi connectivity index (χ0) is 18.6. The number of nitrogens with one attached hydrogen (secondary N) is 1. The lowest BCUT2D eigenvalue weighted by Crippen LogP contribution is -2.24. The first-order chi connectivity index (χ1) is 11.7. The molecule has 130 valence electrons. The van der Waals surface area contributed by atoms with Gasteiger partial charge in [-0.3, -0.25) is 4.79 Å². The summed E-state index contributed by atoms with van der Waals surface area (Å²) in [4.78, 5) is 16.2. The molecule has 0 bridgehead atoms. The van der Waals surface area contributed by atoms with Crippen LogP contribution in [-0.4, -0.2) is 16.1 Å². The fraction of sp³-hybridized carbons (Fsp3) is 0.188. The lowest BCUT2D eigenvalue weighted by molar-refractivity contribution is -0.137. The first-order valence-electron chi connectivity index (χ1n) is 6.91. The minimum atomic E-state index is -4.65. The highest BCUT2D eigenvalue weighted by molar-refractivity contribution is 8.00. The predicted octanol–water partition coefficient (Wildman–Crippen LogP) is 4.74. The molecule has 1 N–H and O–H groups in total. The summed E-state index contributed by atoms with van der Waals surface area (Å²) in [5, 5.41) is 10.7. The van der Waals surface area contributed by atoms with Crippen LogP contribution in [-0.2, 0) is 11.0 Å². The minimum absolute atomic E-state index is 0.0785. The summed E-state index contributed by atoms with van der Waals surface area (Å²) >= 11 is 6.64. The molecule has 4 nitrogen and oxygen atoms in total. The van der Waals surface area contributed by atoms with E-state index >= 15 is 0 Å². The summed E-state index contributed by atoms with van der Waals surface area (Å²) in [6.07, 6.45) is -3.22. The number of aromatic nitrogens is 1. The Morgan fingerprint density at radius 3 is 2.72 bits per heavy atom. The molecule has 1 aromatic heterocycles. The van der Waals surface area contributed by atoms with Gasteiger partial charge in [-0.05, 0) is 37.3 Å². The van der Waals surface area contributed by atoms with Gasteiger partial charge in [0.2, 0.25) is 5.91 Å². The molecule has 1 atom stereocenters. The van der Waals surface area contributed by atoms with E-state index in [9.17, 15) is 18.0 Å². The maximum Gasteiger partial charge on any atom is 0.418 e. The molecular formula is C16H11ClF3N3OS. The number of hydrogen-bond acceptors (Lipinski definition) is 4. The van der Waals surface area contributed by atoms with Crippen LogP contribution in [0.2, 0.25) is 5.02 Å². The van der Waals surface area contributed by atoms with Crippen molar-refractivity contribution in [2.75, 3.05) is 5.32 Å². The van der Waals surface area contributed by atoms with Crippen molar-refractivity contribution in [3.8, 4) is 6.07 Å². The predicted molar refractivity (Wildman–Crippen MR) is 89.4 cm³/mol. The topological polar surface area (TPSA) is 65.8 Å². The van der Waals surface area contributed by atoms with Gasteiger partial charge in [-0.2, -0.15) is 18.4 Å². The summed E-state index contributed by atoms with van der Waals surface area (Å²) in [5.41, 5.74) is -1.01. The van der Waals surface area contributed by atoms with Gasteiger partial charge in [0.1, 0.15) is 0 Å². The normalized spacial score (nSPS) is 12.3. The Kier molecular flexibility index (Phi) is 5.93. The lowest BCUT2D eigenvalue weighted by atomic mass is 10.1. The van der Waals surface area contributed by atoms with Gasteiger partial charge in [0.05, 0.1) is 33.2 Å². The van der Waals surface area contributed by atoms with Crippen molar-refractivity contribution >= 4 is 35.0 Å². The molecule has 1 unspecified atom stereocenters. The van der Waals surface area contributed by atoms with Gasteiger partial charge in [0.15, 0.2) is 0 Å². The summed E-state index contributed by atoms with van der Waals surface area (Å²) < 4.78 is 39.2. The van der Waals surface area contributed by atoms with Gasteiger partial charge in [-0.25, -0.2) is 4.98 Å². The van der Waals surface area contributed by atoms with Crippen molar-refractivity contribution in [3.05, 3.63) is 52.7 Å². The maximum atomic E-state index is 13.1. The molecule has 2 rings (SSSR count).